The third-order valence-electron chi connectivity index (χ3n) is 2.72. The summed E-state index contributed by atoms with van der Waals surface area (Å²) >= 11 is 3.45. The molecule has 19 heavy (non-hydrogen) atoms. The Morgan fingerprint density at radius 3 is 2.74 bits per heavy atom. The second-order valence-electron chi connectivity index (χ2n) is 4.33. The molecule has 98 valence electrons. The zero-order chi connectivity index (χ0) is 14.0. The first kappa shape index (κ1) is 13.5. The van der Waals surface area contributed by atoms with Crippen LogP contribution in [-0.2, 0) is 0 Å². The Hall–Kier alpha value is -1.88. The normalized spacial score (nSPS) is 10.3. The Kier molecular flexibility index (Phi) is 3.85. The van der Waals surface area contributed by atoms with Crippen molar-refractivity contribution in [2.24, 2.45) is 0 Å². The number of anilines is 2. The molecule has 1 amide bonds. The van der Waals surface area contributed by atoms with E-state index in [1.54, 1.807) is 18.3 Å². The molecule has 3 N–H and O–H groups in total. The van der Waals surface area contributed by atoms with Crippen molar-refractivity contribution < 1.29 is 4.79 Å². The molecule has 0 aliphatic rings. The topological polar surface area (TPSA) is 68.0 Å². The number of hydrogen-bond donors (Lipinski definition) is 2. The first-order valence-electron chi connectivity index (χ1n) is 5.77. The lowest BCUT2D eigenvalue weighted by Crippen LogP contribution is -2.16. The van der Waals surface area contributed by atoms with Gasteiger partial charge in [0.2, 0.25) is 0 Å². The molecule has 0 unspecified atom stereocenters. The summed E-state index contributed by atoms with van der Waals surface area (Å²) in [6.45, 7) is 3.94. The number of nitrogen functional groups attached to an aromatic ring is 1. The van der Waals surface area contributed by atoms with Gasteiger partial charge in [-0.15, -0.1) is 0 Å². The monoisotopic (exact) mass is 319 g/mol. The van der Waals surface area contributed by atoms with Gasteiger partial charge in [0.15, 0.2) is 5.69 Å². The number of halogens is 1. The third kappa shape index (κ3) is 2.93. The lowest BCUT2D eigenvalue weighted by Gasteiger charge is -2.12. The van der Waals surface area contributed by atoms with Crippen LogP contribution < -0.4 is 11.1 Å². The summed E-state index contributed by atoms with van der Waals surface area (Å²) in [6.07, 6.45) is 1.54. The maximum absolute atomic E-state index is 12.1. The van der Waals surface area contributed by atoms with Crippen LogP contribution in [0.5, 0.6) is 0 Å². The van der Waals surface area contributed by atoms with E-state index in [1.807, 2.05) is 26.0 Å². The molecule has 1 aromatic carbocycles. The molecule has 0 atom stereocenters. The van der Waals surface area contributed by atoms with Crippen LogP contribution in [0.2, 0.25) is 0 Å². The van der Waals surface area contributed by atoms with E-state index in [-0.39, 0.29) is 11.6 Å². The van der Waals surface area contributed by atoms with Gasteiger partial charge in [-0.1, -0.05) is 6.07 Å². The van der Waals surface area contributed by atoms with Crippen molar-refractivity contribution in [3.05, 3.63) is 51.8 Å². The van der Waals surface area contributed by atoms with Gasteiger partial charge < -0.3 is 11.1 Å². The molecule has 0 saturated heterocycles. The summed E-state index contributed by atoms with van der Waals surface area (Å²) in [6, 6.07) is 7.30. The predicted molar refractivity (Wildman–Crippen MR) is 80.2 cm³/mol. The minimum absolute atomic E-state index is 0.231. The smallest absolute Gasteiger partial charge is 0.276 e. The first-order valence-corrected chi connectivity index (χ1v) is 6.57. The van der Waals surface area contributed by atoms with Crippen molar-refractivity contribution in [2.75, 3.05) is 11.1 Å². The Morgan fingerprint density at radius 2 is 2.11 bits per heavy atom. The van der Waals surface area contributed by atoms with Crippen LogP contribution in [0.3, 0.4) is 0 Å². The molecule has 2 rings (SSSR count). The standard InChI is InChI=1S/C14H14BrN3O/c1-8-6-9(2)12(10(15)7-8)18-14(19)13-11(16)4-3-5-17-13/h3-7H,16H2,1-2H3,(H,18,19). The second-order valence-corrected chi connectivity index (χ2v) is 5.19. The largest absolute Gasteiger partial charge is 0.397 e. The van der Waals surface area contributed by atoms with Gasteiger partial charge in [0.1, 0.15) is 0 Å². The molecule has 5 heteroatoms. The highest BCUT2D eigenvalue weighted by atomic mass is 79.9. The maximum Gasteiger partial charge on any atom is 0.276 e. The molecular weight excluding hydrogens is 306 g/mol. The number of benzene rings is 1. The Bertz CT molecular complexity index is 617. The Morgan fingerprint density at radius 1 is 1.37 bits per heavy atom. The van der Waals surface area contributed by atoms with Gasteiger partial charge in [0.05, 0.1) is 11.4 Å². The van der Waals surface area contributed by atoms with Crippen molar-refractivity contribution in [3.63, 3.8) is 0 Å². The number of amides is 1. The quantitative estimate of drug-likeness (QED) is 0.892. The lowest BCUT2D eigenvalue weighted by atomic mass is 10.1. The van der Waals surface area contributed by atoms with Gasteiger partial charge in [-0.3, -0.25) is 4.79 Å². The number of aromatic nitrogens is 1. The molecule has 0 bridgehead atoms. The highest BCUT2D eigenvalue weighted by Gasteiger charge is 2.14. The average molecular weight is 320 g/mol. The molecule has 0 radical (unpaired) electrons. The molecule has 0 saturated carbocycles. The van der Waals surface area contributed by atoms with E-state index in [4.69, 9.17) is 5.73 Å². The van der Waals surface area contributed by atoms with E-state index in [9.17, 15) is 4.79 Å². The average Bonchev–Trinajstić information content (AvgIpc) is 2.34. The minimum atomic E-state index is -0.314. The number of aryl methyl sites for hydroxylation is 2. The zero-order valence-electron chi connectivity index (χ0n) is 10.7. The number of carbonyl (C=O) groups is 1. The van der Waals surface area contributed by atoms with Crippen LogP contribution in [0.25, 0.3) is 0 Å². The summed E-state index contributed by atoms with van der Waals surface area (Å²) in [7, 11) is 0. The molecule has 0 fully saturated rings. The first-order chi connectivity index (χ1) is 8.99. The van der Waals surface area contributed by atoms with E-state index < -0.39 is 0 Å². The molecule has 0 spiro atoms. The number of nitrogens with one attached hydrogen (secondary N) is 1. The fourth-order valence-electron chi connectivity index (χ4n) is 1.85. The van der Waals surface area contributed by atoms with E-state index in [0.29, 0.717) is 5.69 Å². The summed E-state index contributed by atoms with van der Waals surface area (Å²) in [5, 5.41) is 2.83. The Labute approximate surface area is 120 Å². The summed E-state index contributed by atoms with van der Waals surface area (Å²) in [5.74, 6) is -0.314. The van der Waals surface area contributed by atoms with Crippen molar-refractivity contribution in [2.45, 2.75) is 13.8 Å². The number of nitrogens with two attached hydrogens (primary N) is 1. The van der Waals surface area contributed by atoms with Crippen molar-refractivity contribution in [3.8, 4) is 0 Å². The third-order valence-corrected chi connectivity index (χ3v) is 3.35. The number of carbonyl (C=O) groups excluding carboxylic acids is 1. The fraction of sp³-hybridized carbons (Fsp3) is 0.143. The highest BCUT2D eigenvalue weighted by molar-refractivity contribution is 9.10. The molecular formula is C14H14BrN3O. The summed E-state index contributed by atoms with van der Waals surface area (Å²) < 4.78 is 0.841. The van der Waals surface area contributed by atoms with Crippen molar-refractivity contribution >= 4 is 33.2 Å². The number of pyridine rings is 1. The number of rotatable bonds is 2. The number of hydrogen-bond acceptors (Lipinski definition) is 3. The van der Waals surface area contributed by atoms with Crippen LogP contribution in [0.1, 0.15) is 21.6 Å². The van der Waals surface area contributed by atoms with E-state index >= 15 is 0 Å². The van der Waals surface area contributed by atoms with Crippen LogP contribution in [0.15, 0.2) is 34.9 Å². The van der Waals surface area contributed by atoms with E-state index in [1.165, 1.54) is 0 Å². The molecule has 4 nitrogen and oxygen atoms in total. The second kappa shape index (κ2) is 5.40. The lowest BCUT2D eigenvalue weighted by molar-refractivity contribution is 0.102. The van der Waals surface area contributed by atoms with Crippen LogP contribution in [-0.4, -0.2) is 10.9 Å². The molecule has 0 aliphatic carbocycles. The predicted octanol–water partition coefficient (Wildman–Crippen LogP) is 3.30. The maximum atomic E-state index is 12.1. The van der Waals surface area contributed by atoms with E-state index in [2.05, 4.69) is 26.2 Å². The van der Waals surface area contributed by atoms with Crippen molar-refractivity contribution in [1.82, 2.24) is 4.98 Å². The number of nitrogens with zero attached hydrogens (tertiary/aromatic N) is 1. The highest BCUT2D eigenvalue weighted by Crippen LogP contribution is 2.28. The van der Waals surface area contributed by atoms with E-state index in [0.717, 1.165) is 21.3 Å². The van der Waals surface area contributed by atoms with Gasteiger partial charge in [0.25, 0.3) is 5.91 Å². The van der Waals surface area contributed by atoms with Gasteiger partial charge in [-0.05, 0) is 59.1 Å². The molecule has 1 heterocycles. The van der Waals surface area contributed by atoms with Gasteiger partial charge >= 0.3 is 0 Å². The molecule has 1 aromatic heterocycles. The molecule has 0 aliphatic heterocycles. The van der Waals surface area contributed by atoms with Crippen LogP contribution >= 0.6 is 15.9 Å². The van der Waals surface area contributed by atoms with Gasteiger partial charge in [-0.2, -0.15) is 0 Å². The van der Waals surface area contributed by atoms with Gasteiger partial charge in [0, 0.05) is 10.7 Å². The van der Waals surface area contributed by atoms with Crippen LogP contribution in [0.4, 0.5) is 11.4 Å². The van der Waals surface area contributed by atoms with Crippen LogP contribution in [0, 0.1) is 13.8 Å². The SMILES string of the molecule is Cc1cc(C)c(NC(=O)c2ncccc2N)c(Br)c1. The molecule has 2 aromatic rings. The summed E-state index contributed by atoms with van der Waals surface area (Å²) in [4.78, 5) is 16.1. The van der Waals surface area contributed by atoms with Gasteiger partial charge in [-0.25, -0.2) is 4.98 Å². The fourth-order valence-corrected chi connectivity index (χ4v) is 2.63. The zero-order valence-corrected chi connectivity index (χ0v) is 12.3. The summed E-state index contributed by atoms with van der Waals surface area (Å²) in [5.41, 5.74) is 9.18. The minimum Gasteiger partial charge on any atom is -0.397 e. The Balaban J connectivity index is 2.32. The van der Waals surface area contributed by atoms with Crippen molar-refractivity contribution in [1.29, 1.82) is 0 Å².